The summed E-state index contributed by atoms with van der Waals surface area (Å²) >= 11 is 0. The molecule has 1 radical (unpaired) electrons. The van der Waals surface area contributed by atoms with Crippen molar-refractivity contribution in [3.8, 4) is 0 Å². The van der Waals surface area contributed by atoms with Crippen molar-refractivity contribution >= 4 is 0 Å². The minimum Gasteiger partial charge on any atom is -0.232 e. The predicted octanol–water partition coefficient (Wildman–Crippen LogP) is 4.93. The van der Waals surface area contributed by atoms with Gasteiger partial charge in [0.25, 0.3) is 0 Å². The molecular weight excluding hydrogens is 338 g/mol. The van der Waals surface area contributed by atoms with E-state index in [0.29, 0.717) is 0 Å². The molecule has 0 bridgehead atoms. The molecule has 0 saturated heterocycles. The number of alkyl halides is 10. The highest BCUT2D eigenvalue weighted by molar-refractivity contribution is 5.38. The third-order valence-electron chi connectivity index (χ3n) is 2.68. The van der Waals surface area contributed by atoms with Gasteiger partial charge < -0.3 is 0 Å². The minimum atomic E-state index is -6.26. The number of rotatable bonds is 3. The van der Waals surface area contributed by atoms with Gasteiger partial charge in [-0.05, 0) is 11.6 Å². The molecule has 125 valence electrons. The first-order chi connectivity index (χ1) is 9.66. The Morgan fingerprint density at radius 3 is 1.55 bits per heavy atom. The van der Waals surface area contributed by atoms with Crippen molar-refractivity contribution in [1.82, 2.24) is 0 Å². The summed E-state index contributed by atoms with van der Waals surface area (Å²) in [6.07, 6.45) is -12.5. The molecule has 0 aliphatic heterocycles. The summed E-state index contributed by atoms with van der Waals surface area (Å²) in [6.45, 7) is -1.65. The lowest BCUT2D eigenvalue weighted by atomic mass is 9.96. The van der Waals surface area contributed by atoms with Crippen LogP contribution >= 0.6 is 0 Å². The Morgan fingerprint density at radius 1 is 0.727 bits per heavy atom. The average molecular weight is 343 g/mol. The summed E-state index contributed by atoms with van der Waals surface area (Å²) in [5.74, 6) is -11.4. The first kappa shape index (κ1) is 18.5. The molecule has 22 heavy (non-hydrogen) atoms. The van der Waals surface area contributed by atoms with Crippen molar-refractivity contribution in [3.05, 3.63) is 34.9 Å². The lowest BCUT2D eigenvalue weighted by Crippen LogP contribution is -2.37. The number of hydrogen-bond donors (Lipinski definition) is 0. The van der Waals surface area contributed by atoms with Crippen LogP contribution in [0.2, 0.25) is 0 Å². The quantitative estimate of drug-likeness (QED) is 0.694. The van der Waals surface area contributed by atoms with E-state index in [-0.39, 0.29) is 12.1 Å². The second-order valence-corrected chi connectivity index (χ2v) is 4.16. The average Bonchev–Trinajstić information content (AvgIpc) is 2.35. The van der Waals surface area contributed by atoms with Gasteiger partial charge in [0.15, 0.2) is 0 Å². The fourth-order valence-corrected chi connectivity index (χ4v) is 1.51. The maximum Gasteiger partial charge on any atom is 0.458 e. The molecule has 0 saturated carbocycles. The topological polar surface area (TPSA) is 19.9 Å². The van der Waals surface area contributed by atoms with Gasteiger partial charge in [0, 0.05) is 11.1 Å². The second-order valence-electron chi connectivity index (χ2n) is 4.16. The van der Waals surface area contributed by atoms with Gasteiger partial charge in [0.1, 0.15) is 6.61 Å². The van der Waals surface area contributed by atoms with E-state index in [2.05, 4.69) is 0 Å². The number of halogens is 10. The van der Waals surface area contributed by atoms with Crippen LogP contribution in [0, 0.1) is 0 Å². The van der Waals surface area contributed by atoms with Crippen LogP contribution in [0.15, 0.2) is 18.2 Å². The van der Waals surface area contributed by atoms with E-state index in [0.717, 1.165) is 0 Å². The highest BCUT2D eigenvalue weighted by Gasteiger charge is 2.62. The van der Waals surface area contributed by atoms with Gasteiger partial charge in [-0.15, -0.1) is 0 Å². The molecule has 0 N–H and O–H groups in total. The van der Waals surface area contributed by atoms with E-state index in [1.807, 2.05) is 0 Å². The summed E-state index contributed by atoms with van der Waals surface area (Å²) in [6, 6.07) is -0.568. The summed E-state index contributed by atoms with van der Waals surface area (Å²) in [4.78, 5) is 0. The summed E-state index contributed by atoms with van der Waals surface area (Å²) in [5, 5.41) is 10.6. The maximum absolute atomic E-state index is 13.2. The molecule has 0 aliphatic carbocycles. The lowest BCUT2D eigenvalue weighted by molar-refractivity contribution is -0.292. The van der Waals surface area contributed by atoms with Crippen molar-refractivity contribution in [1.29, 1.82) is 0 Å². The fraction of sp³-hybridized carbons (Fsp3) is 0.455. The van der Waals surface area contributed by atoms with Gasteiger partial charge in [0.2, 0.25) is 0 Å². The van der Waals surface area contributed by atoms with Gasteiger partial charge in [-0.1, -0.05) is 12.1 Å². The molecule has 0 unspecified atom stereocenters. The molecule has 0 aromatic heterocycles. The molecule has 1 rings (SSSR count). The van der Waals surface area contributed by atoms with Crippen molar-refractivity contribution in [2.24, 2.45) is 0 Å². The van der Waals surface area contributed by atoms with Gasteiger partial charge in [0.05, 0.1) is 0 Å². The second kappa shape index (κ2) is 5.28. The van der Waals surface area contributed by atoms with Crippen molar-refractivity contribution in [2.75, 3.05) is 0 Å². The highest BCUT2D eigenvalue weighted by atomic mass is 19.4. The van der Waals surface area contributed by atoms with Crippen molar-refractivity contribution in [3.63, 3.8) is 0 Å². The smallest absolute Gasteiger partial charge is 0.232 e. The normalized spacial score (nSPS) is 14.3. The summed E-state index contributed by atoms with van der Waals surface area (Å²) in [7, 11) is 0. The Morgan fingerprint density at radius 2 is 1.18 bits per heavy atom. The Labute approximate surface area is 116 Å². The van der Waals surface area contributed by atoms with Crippen LogP contribution in [0.4, 0.5) is 43.9 Å². The van der Waals surface area contributed by atoms with Crippen LogP contribution in [0.3, 0.4) is 0 Å². The largest absolute Gasteiger partial charge is 0.458 e. The van der Waals surface area contributed by atoms with Crippen LogP contribution < -0.4 is 0 Å². The minimum absolute atomic E-state index is 0.0172. The SMILES string of the molecule is [O]Cc1ccc(C(F)(F)C(F)(F)F)cc1C(F)(F)C(F)(F)F. The molecule has 0 heterocycles. The van der Waals surface area contributed by atoms with E-state index in [9.17, 15) is 49.0 Å². The Kier molecular flexibility index (Phi) is 4.45. The Balaban J connectivity index is 3.57. The molecule has 11 heteroatoms. The van der Waals surface area contributed by atoms with Crippen LogP contribution in [0.5, 0.6) is 0 Å². The van der Waals surface area contributed by atoms with E-state index in [4.69, 9.17) is 0 Å². The number of hydrogen-bond acceptors (Lipinski definition) is 0. The van der Waals surface area contributed by atoms with Gasteiger partial charge in [-0.25, -0.2) is 5.11 Å². The van der Waals surface area contributed by atoms with E-state index < -0.39 is 53.6 Å². The molecule has 0 spiro atoms. The zero-order chi connectivity index (χ0) is 17.6. The Hall–Kier alpha value is -1.52. The summed E-state index contributed by atoms with van der Waals surface area (Å²) in [5.41, 5.74) is -5.57. The maximum atomic E-state index is 13.2. The Bertz CT molecular complexity index is 543. The molecule has 0 amide bonds. The third-order valence-corrected chi connectivity index (χ3v) is 2.68. The van der Waals surface area contributed by atoms with Gasteiger partial charge in [-0.2, -0.15) is 43.9 Å². The van der Waals surface area contributed by atoms with Gasteiger partial charge in [-0.3, -0.25) is 0 Å². The molecule has 1 nitrogen and oxygen atoms in total. The first-order valence-corrected chi connectivity index (χ1v) is 5.27. The predicted molar refractivity (Wildman–Crippen MR) is 50.7 cm³/mol. The summed E-state index contributed by atoms with van der Waals surface area (Å²) < 4.78 is 126. The van der Waals surface area contributed by atoms with E-state index in [1.165, 1.54) is 0 Å². The highest BCUT2D eigenvalue weighted by Crippen LogP contribution is 2.48. The van der Waals surface area contributed by atoms with Crippen molar-refractivity contribution < 1.29 is 49.0 Å². The zero-order valence-electron chi connectivity index (χ0n) is 10.1. The lowest BCUT2D eigenvalue weighted by Gasteiger charge is -2.25. The molecule has 1 aromatic carbocycles. The van der Waals surface area contributed by atoms with Crippen LogP contribution in [-0.2, 0) is 23.6 Å². The first-order valence-electron chi connectivity index (χ1n) is 5.27. The van der Waals surface area contributed by atoms with Gasteiger partial charge >= 0.3 is 24.2 Å². The molecule has 1 aromatic rings. The van der Waals surface area contributed by atoms with Crippen LogP contribution in [-0.4, -0.2) is 12.4 Å². The van der Waals surface area contributed by atoms with E-state index >= 15 is 0 Å². The third kappa shape index (κ3) is 2.99. The van der Waals surface area contributed by atoms with Crippen LogP contribution in [0.1, 0.15) is 16.7 Å². The van der Waals surface area contributed by atoms with Crippen LogP contribution in [0.25, 0.3) is 0 Å². The molecule has 0 atom stereocenters. The fourth-order valence-electron chi connectivity index (χ4n) is 1.51. The molecular formula is C11H5F10O. The monoisotopic (exact) mass is 343 g/mol. The molecule has 0 aliphatic rings. The van der Waals surface area contributed by atoms with E-state index in [1.54, 1.807) is 0 Å². The standard InChI is InChI=1S/C11H5F10O/c12-8(13,10(16,17)18)6-2-1-5(4-22)7(3-6)9(14,15)11(19,20)21/h1-3H,4H2. The number of benzene rings is 1. The van der Waals surface area contributed by atoms with Crippen molar-refractivity contribution in [2.45, 2.75) is 30.8 Å². The molecule has 0 fully saturated rings. The zero-order valence-corrected chi connectivity index (χ0v) is 10.1.